The van der Waals surface area contributed by atoms with Crippen LogP contribution in [0.5, 0.6) is 5.75 Å². The first-order valence-corrected chi connectivity index (χ1v) is 8.27. The molecule has 1 heteroatoms. The number of fused-ring (bicyclic) bond motifs is 1. The third-order valence-corrected chi connectivity index (χ3v) is 5.08. The van der Waals surface area contributed by atoms with Crippen LogP contribution in [0.3, 0.4) is 0 Å². The summed E-state index contributed by atoms with van der Waals surface area (Å²) >= 11 is 0. The summed E-state index contributed by atoms with van der Waals surface area (Å²) in [5.74, 6) is 2.03. The zero-order valence-corrected chi connectivity index (χ0v) is 14.5. The van der Waals surface area contributed by atoms with Crippen LogP contribution in [0.4, 0.5) is 0 Å². The molecule has 0 saturated heterocycles. The van der Waals surface area contributed by atoms with Crippen molar-refractivity contribution in [3.8, 4) is 5.75 Å². The molecule has 0 N–H and O–H groups in total. The Bertz CT molecular complexity index is 695. The van der Waals surface area contributed by atoms with Crippen LogP contribution < -0.4 is 4.74 Å². The third kappa shape index (κ3) is 2.33. The van der Waals surface area contributed by atoms with Gasteiger partial charge in [-0.15, -0.1) is 0 Å². The molecule has 116 valence electrons. The van der Waals surface area contributed by atoms with E-state index in [1.54, 1.807) is 0 Å². The summed E-state index contributed by atoms with van der Waals surface area (Å²) in [6.45, 7) is 13.2. The fraction of sp³-hybridized carbons (Fsp3) is 0.429. The minimum atomic E-state index is 0.194. The zero-order valence-electron chi connectivity index (χ0n) is 14.5. The Hall–Kier alpha value is -1.76. The molecule has 0 amide bonds. The van der Waals surface area contributed by atoms with Crippen LogP contribution in [-0.4, -0.2) is 6.10 Å². The fourth-order valence-electron chi connectivity index (χ4n) is 3.62. The quantitative estimate of drug-likeness (QED) is 0.695. The number of hydrogen-bond donors (Lipinski definition) is 0. The molecule has 0 aliphatic carbocycles. The Labute approximate surface area is 134 Å². The number of rotatable bonds is 2. The second-order valence-electron chi connectivity index (χ2n) is 7.00. The van der Waals surface area contributed by atoms with E-state index in [0.29, 0.717) is 11.8 Å². The lowest BCUT2D eigenvalue weighted by atomic mass is 9.84. The lowest BCUT2D eigenvalue weighted by Crippen LogP contribution is -2.15. The van der Waals surface area contributed by atoms with E-state index in [1.165, 1.54) is 33.4 Å². The molecule has 0 aromatic heterocycles. The molecule has 0 unspecified atom stereocenters. The maximum atomic E-state index is 6.24. The minimum Gasteiger partial charge on any atom is -0.489 e. The molecule has 2 atom stereocenters. The number of ether oxygens (including phenoxy) is 1. The molecular weight excluding hydrogens is 268 g/mol. The van der Waals surface area contributed by atoms with Gasteiger partial charge in [-0.2, -0.15) is 0 Å². The molecule has 1 heterocycles. The fourth-order valence-corrected chi connectivity index (χ4v) is 3.62. The summed E-state index contributed by atoms with van der Waals surface area (Å²) in [6, 6.07) is 11.4. The first-order chi connectivity index (χ1) is 10.4. The van der Waals surface area contributed by atoms with E-state index in [0.717, 1.165) is 5.75 Å². The van der Waals surface area contributed by atoms with Crippen molar-refractivity contribution >= 4 is 0 Å². The topological polar surface area (TPSA) is 9.23 Å². The summed E-state index contributed by atoms with van der Waals surface area (Å²) in [5, 5.41) is 0. The van der Waals surface area contributed by atoms with Crippen molar-refractivity contribution in [2.24, 2.45) is 0 Å². The SMILES string of the molecule is Cc1cc(C)c2c(c1C)O[C@H](C)[C@@H]2c1ccc(C(C)C)cc1. The van der Waals surface area contributed by atoms with Crippen molar-refractivity contribution < 1.29 is 4.74 Å². The van der Waals surface area contributed by atoms with Crippen LogP contribution >= 0.6 is 0 Å². The van der Waals surface area contributed by atoms with Crippen LogP contribution in [0.25, 0.3) is 0 Å². The second kappa shape index (κ2) is 5.46. The van der Waals surface area contributed by atoms with E-state index in [2.05, 4.69) is 71.9 Å². The molecule has 0 bridgehead atoms. The highest BCUT2D eigenvalue weighted by Gasteiger charge is 2.35. The van der Waals surface area contributed by atoms with Gasteiger partial charge in [0, 0.05) is 11.5 Å². The highest BCUT2D eigenvalue weighted by Crippen LogP contribution is 2.46. The Kier molecular flexibility index (Phi) is 3.76. The van der Waals surface area contributed by atoms with Crippen molar-refractivity contribution in [3.05, 3.63) is 63.7 Å². The van der Waals surface area contributed by atoms with Crippen LogP contribution in [-0.2, 0) is 0 Å². The first kappa shape index (κ1) is 15.1. The molecule has 0 fully saturated rings. The average molecular weight is 294 g/mol. The van der Waals surface area contributed by atoms with Crippen LogP contribution in [0, 0.1) is 20.8 Å². The molecule has 1 aliphatic heterocycles. The highest BCUT2D eigenvalue weighted by atomic mass is 16.5. The maximum Gasteiger partial charge on any atom is 0.127 e. The van der Waals surface area contributed by atoms with Crippen molar-refractivity contribution in [2.75, 3.05) is 0 Å². The summed E-state index contributed by atoms with van der Waals surface area (Å²) in [6.07, 6.45) is 0.194. The Morgan fingerprint density at radius 1 is 0.955 bits per heavy atom. The largest absolute Gasteiger partial charge is 0.489 e. The monoisotopic (exact) mass is 294 g/mol. The highest BCUT2D eigenvalue weighted by molar-refractivity contribution is 5.57. The average Bonchev–Trinajstić information content (AvgIpc) is 2.83. The second-order valence-corrected chi connectivity index (χ2v) is 7.00. The van der Waals surface area contributed by atoms with Gasteiger partial charge in [0.15, 0.2) is 0 Å². The van der Waals surface area contributed by atoms with E-state index in [1.807, 2.05) is 0 Å². The molecular formula is C21H26O. The third-order valence-electron chi connectivity index (χ3n) is 5.08. The molecule has 2 aromatic carbocycles. The maximum absolute atomic E-state index is 6.24. The predicted octanol–water partition coefficient (Wildman–Crippen LogP) is 5.65. The predicted molar refractivity (Wildman–Crippen MR) is 93.1 cm³/mol. The standard InChI is InChI=1S/C21H26O/c1-12(2)17-7-9-18(10-8-17)20-16(6)22-21-15(5)13(3)11-14(4)19(20)21/h7-12,16,20H,1-6H3/t16-,20-/m1/s1. The van der Waals surface area contributed by atoms with Gasteiger partial charge in [-0.25, -0.2) is 0 Å². The molecule has 2 aromatic rings. The van der Waals surface area contributed by atoms with Crippen molar-refractivity contribution in [1.82, 2.24) is 0 Å². The molecule has 22 heavy (non-hydrogen) atoms. The summed E-state index contributed by atoms with van der Waals surface area (Å²) in [7, 11) is 0. The van der Waals surface area contributed by atoms with Crippen molar-refractivity contribution in [3.63, 3.8) is 0 Å². The van der Waals surface area contributed by atoms with Gasteiger partial charge in [-0.1, -0.05) is 44.2 Å². The summed E-state index contributed by atoms with van der Waals surface area (Å²) in [5.41, 5.74) is 8.09. The minimum absolute atomic E-state index is 0.194. The van der Waals surface area contributed by atoms with Gasteiger partial charge in [-0.3, -0.25) is 0 Å². The lowest BCUT2D eigenvalue weighted by Gasteiger charge is -2.18. The molecule has 3 rings (SSSR count). The van der Waals surface area contributed by atoms with Gasteiger partial charge in [-0.05, 0) is 61.4 Å². The molecule has 1 nitrogen and oxygen atoms in total. The Morgan fingerprint density at radius 2 is 1.59 bits per heavy atom. The van der Waals surface area contributed by atoms with Crippen LogP contribution in [0.15, 0.2) is 30.3 Å². The Morgan fingerprint density at radius 3 is 2.18 bits per heavy atom. The summed E-state index contributed by atoms with van der Waals surface area (Å²) < 4.78 is 6.24. The van der Waals surface area contributed by atoms with Gasteiger partial charge in [0.2, 0.25) is 0 Å². The van der Waals surface area contributed by atoms with E-state index >= 15 is 0 Å². The van der Waals surface area contributed by atoms with Gasteiger partial charge in [0.25, 0.3) is 0 Å². The molecule has 0 spiro atoms. The van der Waals surface area contributed by atoms with Crippen LogP contribution in [0.2, 0.25) is 0 Å². The molecule has 0 saturated carbocycles. The molecule has 1 aliphatic rings. The zero-order chi connectivity index (χ0) is 16.0. The van der Waals surface area contributed by atoms with Gasteiger partial charge in [0.05, 0.1) is 0 Å². The van der Waals surface area contributed by atoms with Crippen molar-refractivity contribution in [2.45, 2.75) is 59.5 Å². The van der Waals surface area contributed by atoms with Crippen molar-refractivity contribution in [1.29, 1.82) is 0 Å². The lowest BCUT2D eigenvalue weighted by molar-refractivity contribution is 0.237. The number of hydrogen-bond acceptors (Lipinski definition) is 1. The van der Waals surface area contributed by atoms with E-state index in [4.69, 9.17) is 4.74 Å². The van der Waals surface area contributed by atoms with Gasteiger partial charge in [0.1, 0.15) is 11.9 Å². The summed E-state index contributed by atoms with van der Waals surface area (Å²) in [4.78, 5) is 0. The van der Waals surface area contributed by atoms with Crippen LogP contribution in [0.1, 0.15) is 66.0 Å². The van der Waals surface area contributed by atoms with E-state index < -0.39 is 0 Å². The normalized spacial score (nSPS) is 20.1. The number of aryl methyl sites for hydroxylation is 2. The van der Waals surface area contributed by atoms with E-state index in [9.17, 15) is 0 Å². The first-order valence-electron chi connectivity index (χ1n) is 8.27. The molecule has 0 radical (unpaired) electrons. The number of benzene rings is 2. The Balaban J connectivity index is 2.09. The van der Waals surface area contributed by atoms with Gasteiger partial charge >= 0.3 is 0 Å². The smallest absolute Gasteiger partial charge is 0.127 e. The van der Waals surface area contributed by atoms with E-state index in [-0.39, 0.29) is 6.10 Å². The van der Waals surface area contributed by atoms with Gasteiger partial charge < -0.3 is 4.74 Å².